The molecule has 0 aliphatic heterocycles. The lowest BCUT2D eigenvalue weighted by Crippen LogP contribution is -2.10. The van der Waals surface area contributed by atoms with Crippen molar-refractivity contribution in [3.63, 3.8) is 0 Å². The molecule has 3 rings (SSSR count). The fourth-order valence-corrected chi connectivity index (χ4v) is 3.46. The van der Waals surface area contributed by atoms with Gasteiger partial charge in [0.1, 0.15) is 17.0 Å². The number of hydrogen-bond acceptors (Lipinski definition) is 4. The van der Waals surface area contributed by atoms with Crippen LogP contribution in [-0.4, -0.2) is 9.97 Å². The Morgan fingerprint density at radius 2 is 1.68 bits per heavy atom. The molecular formula is C18H21N3S. The number of fused-ring (bicyclic) bond motifs is 1. The van der Waals surface area contributed by atoms with Gasteiger partial charge in [0.2, 0.25) is 0 Å². The highest BCUT2D eigenvalue weighted by atomic mass is 32.1. The normalized spacial score (nSPS) is 11.9. The van der Waals surface area contributed by atoms with Crippen LogP contribution in [0.3, 0.4) is 0 Å². The van der Waals surface area contributed by atoms with Crippen LogP contribution in [0.2, 0.25) is 0 Å². The van der Waals surface area contributed by atoms with Gasteiger partial charge in [0.05, 0.1) is 5.39 Å². The van der Waals surface area contributed by atoms with Crippen molar-refractivity contribution in [2.24, 2.45) is 0 Å². The summed E-state index contributed by atoms with van der Waals surface area (Å²) in [6, 6.07) is 8.57. The highest BCUT2D eigenvalue weighted by Gasteiger charge is 2.14. The molecule has 0 aliphatic carbocycles. The van der Waals surface area contributed by atoms with Gasteiger partial charge in [-0.3, -0.25) is 0 Å². The molecule has 1 aromatic carbocycles. The van der Waals surface area contributed by atoms with Crippen LogP contribution in [0.15, 0.2) is 30.6 Å². The summed E-state index contributed by atoms with van der Waals surface area (Å²) in [6.45, 7) is 10.9. The van der Waals surface area contributed by atoms with E-state index >= 15 is 0 Å². The van der Waals surface area contributed by atoms with Crippen LogP contribution in [0.4, 0.5) is 11.5 Å². The van der Waals surface area contributed by atoms with E-state index in [1.54, 1.807) is 17.7 Å². The van der Waals surface area contributed by atoms with Crippen molar-refractivity contribution in [2.75, 3.05) is 5.32 Å². The molecule has 0 bridgehead atoms. The summed E-state index contributed by atoms with van der Waals surface area (Å²) in [5.41, 5.74) is 3.81. The summed E-state index contributed by atoms with van der Waals surface area (Å²) >= 11 is 1.72. The molecule has 0 saturated carbocycles. The van der Waals surface area contributed by atoms with E-state index in [-0.39, 0.29) is 5.41 Å². The largest absolute Gasteiger partial charge is 0.340 e. The standard InChI is InChI=1S/C18H21N3S/c1-11-12(2)22-17-15(11)16(19-10-20-17)21-14-8-6-13(7-9-14)18(3,4)5/h6-10H,1-5H3,(H,19,20,21). The molecule has 4 heteroatoms. The van der Waals surface area contributed by atoms with Crippen LogP contribution >= 0.6 is 11.3 Å². The molecule has 3 aromatic rings. The third-order valence-corrected chi connectivity index (χ3v) is 5.09. The summed E-state index contributed by atoms with van der Waals surface area (Å²) < 4.78 is 0. The Hall–Kier alpha value is -1.94. The number of nitrogens with one attached hydrogen (secondary N) is 1. The second-order valence-electron chi connectivity index (χ2n) is 6.64. The average molecular weight is 311 g/mol. The first-order chi connectivity index (χ1) is 10.4. The van der Waals surface area contributed by atoms with Gasteiger partial charge in [0.15, 0.2) is 0 Å². The Labute approximate surface area is 135 Å². The lowest BCUT2D eigenvalue weighted by molar-refractivity contribution is 0.590. The predicted octanol–water partition coefficient (Wildman–Crippen LogP) is 5.35. The van der Waals surface area contributed by atoms with Crippen LogP contribution < -0.4 is 5.32 Å². The first-order valence-corrected chi connectivity index (χ1v) is 8.26. The maximum Gasteiger partial charge on any atom is 0.142 e. The molecule has 0 fully saturated rings. The van der Waals surface area contributed by atoms with Crippen molar-refractivity contribution >= 4 is 33.1 Å². The van der Waals surface area contributed by atoms with Gasteiger partial charge in [-0.05, 0) is 42.5 Å². The number of hydrogen-bond donors (Lipinski definition) is 1. The fourth-order valence-electron chi connectivity index (χ4n) is 2.47. The van der Waals surface area contributed by atoms with Crippen LogP contribution in [0.5, 0.6) is 0 Å². The van der Waals surface area contributed by atoms with E-state index in [4.69, 9.17) is 0 Å². The molecule has 0 unspecified atom stereocenters. The van der Waals surface area contributed by atoms with Gasteiger partial charge in [-0.2, -0.15) is 0 Å². The van der Waals surface area contributed by atoms with E-state index in [1.807, 2.05) is 0 Å². The molecule has 0 radical (unpaired) electrons. The van der Waals surface area contributed by atoms with Gasteiger partial charge in [-0.25, -0.2) is 9.97 Å². The molecule has 3 nitrogen and oxygen atoms in total. The molecule has 1 N–H and O–H groups in total. The zero-order valence-corrected chi connectivity index (χ0v) is 14.5. The van der Waals surface area contributed by atoms with Crippen LogP contribution in [0, 0.1) is 13.8 Å². The van der Waals surface area contributed by atoms with E-state index in [0.717, 1.165) is 21.7 Å². The molecule has 2 aromatic heterocycles. The zero-order chi connectivity index (χ0) is 15.9. The van der Waals surface area contributed by atoms with E-state index in [1.165, 1.54) is 16.0 Å². The molecule has 22 heavy (non-hydrogen) atoms. The number of thiophene rings is 1. The van der Waals surface area contributed by atoms with Crippen LogP contribution in [-0.2, 0) is 5.41 Å². The lowest BCUT2D eigenvalue weighted by atomic mass is 9.87. The fraction of sp³-hybridized carbons (Fsp3) is 0.333. The second kappa shape index (κ2) is 5.36. The zero-order valence-electron chi connectivity index (χ0n) is 13.7. The minimum absolute atomic E-state index is 0.168. The van der Waals surface area contributed by atoms with Crippen molar-refractivity contribution in [3.8, 4) is 0 Å². The Morgan fingerprint density at radius 1 is 1.00 bits per heavy atom. The number of aryl methyl sites for hydroxylation is 2. The number of benzene rings is 1. The maximum atomic E-state index is 4.43. The van der Waals surface area contributed by atoms with Crippen molar-refractivity contribution in [1.82, 2.24) is 9.97 Å². The van der Waals surface area contributed by atoms with Gasteiger partial charge in [0.25, 0.3) is 0 Å². The minimum atomic E-state index is 0.168. The van der Waals surface area contributed by atoms with E-state index in [2.05, 4.69) is 74.2 Å². The van der Waals surface area contributed by atoms with Crippen LogP contribution in [0.1, 0.15) is 36.8 Å². The number of anilines is 2. The quantitative estimate of drug-likeness (QED) is 0.693. The minimum Gasteiger partial charge on any atom is -0.340 e. The highest BCUT2D eigenvalue weighted by molar-refractivity contribution is 7.18. The smallest absolute Gasteiger partial charge is 0.142 e. The maximum absolute atomic E-state index is 4.43. The number of nitrogens with zero attached hydrogens (tertiary/aromatic N) is 2. The van der Waals surface area contributed by atoms with Gasteiger partial charge in [-0.15, -0.1) is 11.3 Å². The molecule has 0 amide bonds. The molecular weight excluding hydrogens is 290 g/mol. The van der Waals surface area contributed by atoms with Crippen molar-refractivity contribution in [1.29, 1.82) is 0 Å². The molecule has 2 heterocycles. The predicted molar refractivity (Wildman–Crippen MR) is 95.3 cm³/mol. The molecule has 0 spiro atoms. The van der Waals surface area contributed by atoms with Gasteiger partial charge >= 0.3 is 0 Å². The molecule has 0 aliphatic rings. The highest BCUT2D eigenvalue weighted by Crippen LogP contribution is 2.34. The topological polar surface area (TPSA) is 37.8 Å². The third kappa shape index (κ3) is 2.71. The Kier molecular flexibility index (Phi) is 3.65. The van der Waals surface area contributed by atoms with Crippen LogP contribution in [0.25, 0.3) is 10.2 Å². The van der Waals surface area contributed by atoms with Gasteiger partial charge < -0.3 is 5.32 Å². The van der Waals surface area contributed by atoms with E-state index in [0.29, 0.717) is 0 Å². The Morgan fingerprint density at radius 3 is 2.32 bits per heavy atom. The lowest BCUT2D eigenvalue weighted by Gasteiger charge is -2.19. The summed E-state index contributed by atoms with van der Waals surface area (Å²) in [5, 5.41) is 4.56. The van der Waals surface area contributed by atoms with Gasteiger partial charge in [-0.1, -0.05) is 32.9 Å². The first-order valence-electron chi connectivity index (χ1n) is 7.44. The number of rotatable bonds is 2. The first kappa shape index (κ1) is 15.0. The second-order valence-corrected chi connectivity index (χ2v) is 7.84. The molecule has 0 saturated heterocycles. The summed E-state index contributed by atoms with van der Waals surface area (Å²) in [4.78, 5) is 11.1. The van der Waals surface area contributed by atoms with Crippen molar-refractivity contribution < 1.29 is 0 Å². The van der Waals surface area contributed by atoms with Crippen molar-refractivity contribution in [2.45, 2.75) is 40.0 Å². The number of aromatic nitrogens is 2. The summed E-state index contributed by atoms with van der Waals surface area (Å²) in [7, 11) is 0. The molecule has 0 atom stereocenters. The van der Waals surface area contributed by atoms with E-state index in [9.17, 15) is 0 Å². The average Bonchev–Trinajstić information content (AvgIpc) is 2.75. The monoisotopic (exact) mass is 311 g/mol. The Bertz CT molecular complexity index is 811. The van der Waals surface area contributed by atoms with Gasteiger partial charge in [0, 0.05) is 10.6 Å². The summed E-state index contributed by atoms with van der Waals surface area (Å²) in [6.07, 6.45) is 1.63. The van der Waals surface area contributed by atoms with Crippen molar-refractivity contribution in [3.05, 3.63) is 46.6 Å². The SMILES string of the molecule is Cc1sc2ncnc(Nc3ccc(C(C)(C)C)cc3)c2c1C. The molecule has 114 valence electrons. The summed E-state index contributed by atoms with van der Waals surface area (Å²) in [5.74, 6) is 0.885. The third-order valence-electron chi connectivity index (χ3n) is 3.98. The Balaban J connectivity index is 1.97. The van der Waals surface area contributed by atoms with E-state index < -0.39 is 0 Å².